The number of hydrogen-bond donors (Lipinski definition) is 0. The van der Waals surface area contributed by atoms with Gasteiger partial charge in [0.15, 0.2) is 0 Å². The molecule has 1 aromatic rings. The molecule has 1 atom stereocenters. The number of para-hydroxylation sites is 1. The van der Waals surface area contributed by atoms with Gasteiger partial charge in [-0.1, -0.05) is 18.2 Å². The molecule has 0 N–H and O–H groups in total. The molecule has 18 heavy (non-hydrogen) atoms. The number of ether oxygens (including phenoxy) is 1. The molecule has 1 fully saturated rings. The van der Waals surface area contributed by atoms with E-state index in [-0.39, 0.29) is 0 Å². The Bertz CT molecular complexity index is 417. The Balaban J connectivity index is 2.18. The number of carbonyl (C=O) groups is 1. The molecule has 0 aromatic heterocycles. The summed E-state index contributed by atoms with van der Waals surface area (Å²) in [6.45, 7) is 3.70. The maximum Gasteiger partial charge on any atom is 0.136 e. The number of methoxy groups -OCH3 is 1. The molecule has 1 saturated heterocycles. The summed E-state index contributed by atoms with van der Waals surface area (Å²) in [6, 6.07) is 8.73. The first-order chi connectivity index (χ1) is 8.72. The Morgan fingerprint density at radius 3 is 2.89 bits per heavy atom. The molecule has 0 radical (unpaired) electrons. The van der Waals surface area contributed by atoms with Crippen molar-refractivity contribution in [1.82, 2.24) is 0 Å². The lowest BCUT2D eigenvalue weighted by Crippen LogP contribution is -2.41. The second-order valence-corrected chi connectivity index (χ2v) is 4.91. The van der Waals surface area contributed by atoms with Crippen LogP contribution in [0.1, 0.15) is 25.3 Å². The van der Waals surface area contributed by atoms with Crippen LogP contribution in [0.2, 0.25) is 0 Å². The van der Waals surface area contributed by atoms with Gasteiger partial charge in [0.1, 0.15) is 5.78 Å². The standard InChI is InChI=1S/C15H21NO2/c1-12-11-14(17)7-9-16(12)15-6-4-3-5-13(15)8-10-18-2/h3-6,12H,7-11H2,1-2H3. The fourth-order valence-corrected chi connectivity index (χ4v) is 2.58. The number of ketones is 1. The number of Topliss-reactive ketones (excluding diaryl/α,β-unsaturated/α-hetero) is 1. The second kappa shape index (κ2) is 6.01. The topological polar surface area (TPSA) is 29.5 Å². The minimum absolute atomic E-state index is 0.301. The van der Waals surface area contributed by atoms with Gasteiger partial charge in [0, 0.05) is 38.2 Å². The summed E-state index contributed by atoms with van der Waals surface area (Å²) < 4.78 is 5.16. The Labute approximate surface area is 109 Å². The fourth-order valence-electron chi connectivity index (χ4n) is 2.58. The second-order valence-electron chi connectivity index (χ2n) is 4.91. The number of anilines is 1. The largest absolute Gasteiger partial charge is 0.384 e. The van der Waals surface area contributed by atoms with E-state index in [1.165, 1.54) is 11.3 Å². The molecule has 98 valence electrons. The van der Waals surface area contributed by atoms with Gasteiger partial charge in [0.25, 0.3) is 0 Å². The van der Waals surface area contributed by atoms with E-state index < -0.39 is 0 Å². The van der Waals surface area contributed by atoms with Gasteiger partial charge in [-0.15, -0.1) is 0 Å². The smallest absolute Gasteiger partial charge is 0.136 e. The maximum atomic E-state index is 11.5. The van der Waals surface area contributed by atoms with Crippen LogP contribution < -0.4 is 4.90 Å². The minimum Gasteiger partial charge on any atom is -0.384 e. The van der Waals surface area contributed by atoms with E-state index in [2.05, 4.69) is 36.1 Å². The summed E-state index contributed by atoms with van der Waals surface area (Å²) in [4.78, 5) is 13.8. The number of benzene rings is 1. The number of rotatable bonds is 4. The van der Waals surface area contributed by atoms with E-state index in [4.69, 9.17) is 4.74 Å². The first kappa shape index (κ1) is 13.1. The molecule has 0 amide bonds. The molecule has 3 heteroatoms. The highest BCUT2D eigenvalue weighted by molar-refractivity contribution is 5.81. The molecule has 0 saturated carbocycles. The molecular formula is C15H21NO2. The fraction of sp³-hybridized carbons (Fsp3) is 0.533. The van der Waals surface area contributed by atoms with Crippen molar-refractivity contribution in [1.29, 1.82) is 0 Å². The van der Waals surface area contributed by atoms with Crippen molar-refractivity contribution < 1.29 is 9.53 Å². The molecule has 1 unspecified atom stereocenters. The van der Waals surface area contributed by atoms with Gasteiger partial charge in [0.05, 0.1) is 6.61 Å². The lowest BCUT2D eigenvalue weighted by molar-refractivity contribution is -0.120. The van der Waals surface area contributed by atoms with Crippen molar-refractivity contribution in [2.75, 3.05) is 25.2 Å². The average Bonchev–Trinajstić information content (AvgIpc) is 2.37. The Hall–Kier alpha value is -1.35. The highest BCUT2D eigenvalue weighted by Crippen LogP contribution is 2.27. The number of piperidine rings is 1. The summed E-state index contributed by atoms with van der Waals surface area (Å²) in [5, 5.41) is 0. The predicted octanol–water partition coefficient (Wildman–Crippen LogP) is 2.43. The predicted molar refractivity (Wildman–Crippen MR) is 73.1 cm³/mol. The van der Waals surface area contributed by atoms with Gasteiger partial charge >= 0.3 is 0 Å². The van der Waals surface area contributed by atoms with E-state index in [1.54, 1.807) is 7.11 Å². The van der Waals surface area contributed by atoms with Crippen molar-refractivity contribution in [2.45, 2.75) is 32.2 Å². The van der Waals surface area contributed by atoms with E-state index in [0.717, 1.165) is 19.6 Å². The third-order valence-corrected chi connectivity index (χ3v) is 3.56. The minimum atomic E-state index is 0.301. The number of nitrogens with zero attached hydrogens (tertiary/aromatic N) is 1. The molecule has 0 spiro atoms. The monoisotopic (exact) mass is 247 g/mol. The van der Waals surface area contributed by atoms with Gasteiger partial charge in [-0.3, -0.25) is 4.79 Å². The van der Waals surface area contributed by atoms with Crippen LogP contribution >= 0.6 is 0 Å². The van der Waals surface area contributed by atoms with Crippen LogP contribution in [-0.4, -0.2) is 32.1 Å². The van der Waals surface area contributed by atoms with Crippen LogP contribution in [0.25, 0.3) is 0 Å². The Kier molecular flexibility index (Phi) is 4.37. The van der Waals surface area contributed by atoms with Crippen molar-refractivity contribution >= 4 is 11.5 Å². The molecule has 1 heterocycles. The molecular weight excluding hydrogens is 226 g/mol. The van der Waals surface area contributed by atoms with Crippen LogP contribution in [0.4, 0.5) is 5.69 Å². The zero-order chi connectivity index (χ0) is 13.0. The molecule has 1 aliphatic rings. The van der Waals surface area contributed by atoms with Crippen LogP contribution in [0, 0.1) is 0 Å². The summed E-state index contributed by atoms with van der Waals surface area (Å²) >= 11 is 0. The molecule has 2 rings (SSSR count). The number of carbonyl (C=O) groups excluding carboxylic acids is 1. The lowest BCUT2D eigenvalue weighted by atomic mass is 9.99. The highest BCUT2D eigenvalue weighted by Gasteiger charge is 2.24. The van der Waals surface area contributed by atoms with Crippen LogP contribution in [0.3, 0.4) is 0 Å². The molecule has 0 bridgehead atoms. The molecule has 1 aliphatic heterocycles. The van der Waals surface area contributed by atoms with Crippen LogP contribution in [-0.2, 0) is 16.0 Å². The summed E-state index contributed by atoms with van der Waals surface area (Å²) in [5.41, 5.74) is 2.56. The van der Waals surface area contributed by atoms with Crippen molar-refractivity contribution in [3.05, 3.63) is 29.8 Å². The van der Waals surface area contributed by atoms with Crippen molar-refractivity contribution in [3.63, 3.8) is 0 Å². The van der Waals surface area contributed by atoms with Gasteiger partial charge in [-0.25, -0.2) is 0 Å². The third-order valence-electron chi connectivity index (χ3n) is 3.56. The zero-order valence-corrected chi connectivity index (χ0v) is 11.2. The number of hydrogen-bond acceptors (Lipinski definition) is 3. The van der Waals surface area contributed by atoms with Gasteiger partial charge in [0.2, 0.25) is 0 Å². The first-order valence-corrected chi connectivity index (χ1v) is 6.57. The van der Waals surface area contributed by atoms with E-state index in [1.807, 2.05) is 0 Å². The van der Waals surface area contributed by atoms with E-state index >= 15 is 0 Å². The SMILES string of the molecule is COCCc1ccccc1N1CCC(=O)CC1C. The summed E-state index contributed by atoms with van der Waals surface area (Å²) in [7, 11) is 1.73. The van der Waals surface area contributed by atoms with Crippen LogP contribution in [0.5, 0.6) is 0 Å². The molecule has 0 aliphatic carbocycles. The molecule has 1 aromatic carbocycles. The summed E-state index contributed by atoms with van der Waals surface area (Å²) in [5.74, 6) is 0.383. The Morgan fingerprint density at radius 1 is 1.39 bits per heavy atom. The zero-order valence-electron chi connectivity index (χ0n) is 11.2. The average molecular weight is 247 g/mol. The van der Waals surface area contributed by atoms with Gasteiger partial charge in [-0.05, 0) is 25.0 Å². The van der Waals surface area contributed by atoms with E-state index in [0.29, 0.717) is 24.7 Å². The van der Waals surface area contributed by atoms with Crippen LogP contribution in [0.15, 0.2) is 24.3 Å². The first-order valence-electron chi connectivity index (χ1n) is 6.57. The van der Waals surface area contributed by atoms with Crippen molar-refractivity contribution in [3.8, 4) is 0 Å². The van der Waals surface area contributed by atoms with E-state index in [9.17, 15) is 4.79 Å². The van der Waals surface area contributed by atoms with Crippen molar-refractivity contribution in [2.24, 2.45) is 0 Å². The normalized spacial score (nSPS) is 20.2. The lowest BCUT2D eigenvalue weighted by Gasteiger charge is -2.36. The highest BCUT2D eigenvalue weighted by atomic mass is 16.5. The third kappa shape index (κ3) is 2.91. The van der Waals surface area contributed by atoms with Gasteiger partial charge < -0.3 is 9.64 Å². The Morgan fingerprint density at radius 2 is 2.17 bits per heavy atom. The summed E-state index contributed by atoms with van der Waals surface area (Å²) in [6.07, 6.45) is 2.26. The molecule has 3 nitrogen and oxygen atoms in total. The van der Waals surface area contributed by atoms with Gasteiger partial charge in [-0.2, -0.15) is 0 Å². The maximum absolute atomic E-state index is 11.5. The quantitative estimate of drug-likeness (QED) is 0.818.